The first-order valence-corrected chi connectivity index (χ1v) is 7.23. The van der Waals surface area contributed by atoms with Crippen LogP contribution in [0.15, 0.2) is 0 Å². The van der Waals surface area contributed by atoms with E-state index >= 15 is 0 Å². The summed E-state index contributed by atoms with van der Waals surface area (Å²) in [6.07, 6.45) is 6.15. The topological polar surface area (TPSA) is 60.8 Å². The van der Waals surface area contributed by atoms with E-state index in [0.29, 0.717) is 31.7 Å². The summed E-state index contributed by atoms with van der Waals surface area (Å²) in [4.78, 5) is 13.3. The third-order valence-electron chi connectivity index (χ3n) is 4.34. The fraction of sp³-hybridized carbons (Fsp3) is 0.929. The van der Waals surface area contributed by atoms with Crippen molar-refractivity contribution in [1.82, 2.24) is 4.90 Å². The third kappa shape index (κ3) is 3.45. The number of carbonyl (C=O) groups is 1. The summed E-state index contributed by atoms with van der Waals surface area (Å²) in [7, 11) is 0. The van der Waals surface area contributed by atoms with Crippen LogP contribution in [0.5, 0.6) is 0 Å². The van der Waals surface area contributed by atoms with E-state index in [1.165, 1.54) is 12.8 Å². The van der Waals surface area contributed by atoms with Crippen LogP contribution in [0.25, 0.3) is 0 Å². The molecule has 0 unspecified atom stereocenters. The molecule has 2 rings (SSSR count). The van der Waals surface area contributed by atoms with Crippen LogP contribution in [0.1, 0.15) is 51.9 Å². The molecule has 0 bridgehead atoms. The Kier molecular flexibility index (Phi) is 4.28. The molecule has 0 amide bonds. The van der Waals surface area contributed by atoms with Gasteiger partial charge in [-0.05, 0) is 51.5 Å². The van der Waals surface area contributed by atoms with E-state index in [1.54, 1.807) is 0 Å². The highest BCUT2D eigenvalue weighted by atomic mass is 16.4. The summed E-state index contributed by atoms with van der Waals surface area (Å²) in [6, 6.07) is 0.672. The zero-order valence-corrected chi connectivity index (χ0v) is 11.3. The van der Waals surface area contributed by atoms with Crippen LogP contribution in [0.2, 0.25) is 0 Å². The van der Waals surface area contributed by atoms with Gasteiger partial charge in [0.15, 0.2) is 0 Å². The fourth-order valence-corrected chi connectivity index (χ4v) is 3.06. The summed E-state index contributed by atoms with van der Waals surface area (Å²) >= 11 is 0. The van der Waals surface area contributed by atoms with Crippen molar-refractivity contribution >= 4 is 5.97 Å². The monoisotopic (exact) mass is 255 g/mol. The smallest absolute Gasteiger partial charge is 0.306 e. The summed E-state index contributed by atoms with van der Waals surface area (Å²) in [5.74, 6) is -0.949. The van der Waals surface area contributed by atoms with Crippen LogP contribution in [-0.4, -0.2) is 45.8 Å². The van der Waals surface area contributed by atoms with Gasteiger partial charge in [0.25, 0.3) is 0 Å². The van der Waals surface area contributed by atoms with Crippen molar-refractivity contribution < 1.29 is 15.0 Å². The molecule has 0 atom stereocenters. The first kappa shape index (κ1) is 13.8. The zero-order chi connectivity index (χ0) is 13.2. The van der Waals surface area contributed by atoms with Gasteiger partial charge in [-0.2, -0.15) is 0 Å². The largest absolute Gasteiger partial charge is 0.481 e. The van der Waals surface area contributed by atoms with E-state index in [2.05, 4.69) is 11.8 Å². The van der Waals surface area contributed by atoms with Crippen molar-refractivity contribution in [3.8, 4) is 0 Å². The Morgan fingerprint density at radius 1 is 1.28 bits per heavy atom. The Hall–Kier alpha value is -0.610. The van der Waals surface area contributed by atoms with E-state index in [1.807, 2.05) is 0 Å². The molecule has 0 heterocycles. The predicted octanol–water partition coefficient (Wildman–Crippen LogP) is 1.87. The molecule has 0 spiro atoms. The second-order valence-corrected chi connectivity index (χ2v) is 6.04. The molecule has 0 radical (unpaired) electrons. The molecule has 0 aromatic carbocycles. The second kappa shape index (κ2) is 5.57. The Morgan fingerprint density at radius 2 is 1.89 bits per heavy atom. The summed E-state index contributed by atoms with van der Waals surface area (Å²) in [5, 5.41) is 19.6. The van der Waals surface area contributed by atoms with Gasteiger partial charge in [-0.25, -0.2) is 0 Å². The number of aliphatic hydroxyl groups is 1. The average molecular weight is 255 g/mol. The predicted molar refractivity (Wildman–Crippen MR) is 69.4 cm³/mol. The maximum Gasteiger partial charge on any atom is 0.306 e. The van der Waals surface area contributed by atoms with Crippen molar-refractivity contribution in [3.05, 3.63) is 0 Å². The first-order valence-electron chi connectivity index (χ1n) is 7.23. The van der Waals surface area contributed by atoms with Gasteiger partial charge >= 0.3 is 5.97 Å². The van der Waals surface area contributed by atoms with Gasteiger partial charge in [-0.1, -0.05) is 6.92 Å². The van der Waals surface area contributed by atoms with E-state index in [9.17, 15) is 9.90 Å². The third-order valence-corrected chi connectivity index (χ3v) is 4.34. The summed E-state index contributed by atoms with van der Waals surface area (Å²) in [6.45, 7) is 3.95. The molecule has 4 nitrogen and oxygen atoms in total. The number of hydrogen-bond acceptors (Lipinski definition) is 3. The van der Waals surface area contributed by atoms with E-state index in [0.717, 1.165) is 19.5 Å². The molecular weight excluding hydrogens is 230 g/mol. The molecule has 4 heteroatoms. The maximum absolute atomic E-state index is 10.9. The zero-order valence-electron chi connectivity index (χ0n) is 11.3. The standard InChI is InChI=1S/C14H25NO3/c1-2-9-15(12-3-4-12)10-14(18)7-5-11(6-8-14)13(16)17/h11-12,18H,2-10H2,1H3,(H,16,17). The second-order valence-electron chi connectivity index (χ2n) is 6.04. The minimum Gasteiger partial charge on any atom is -0.481 e. The number of carboxylic acids is 1. The number of carboxylic acid groups (broad SMARTS) is 1. The van der Waals surface area contributed by atoms with Crippen LogP contribution in [0.3, 0.4) is 0 Å². The van der Waals surface area contributed by atoms with Crippen molar-refractivity contribution in [3.63, 3.8) is 0 Å². The van der Waals surface area contributed by atoms with Crippen LogP contribution < -0.4 is 0 Å². The lowest BCUT2D eigenvalue weighted by molar-refractivity contribution is -0.145. The van der Waals surface area contributed by atoms with Gasteiger partial charge in [0.2, 0.25) is 0 Å². The van der Waals surface area contributed by atoms with Crippen molar-refractivity contribution in [2.45, 2.75) is 63.5 Å². The quantitative estimate of drug-likeness (QED) is 0.760. The Bertz CT molecular complexity index is 293. The molecule has 2 aliphatic rings. The molecule has 2 saturated carbocycles. The SMILES string of the molecule is CCCN(CC1(O)CCC(C(=O)O)CC1)C1CC1. The van der Waals surface area contributed by atoms with Gasteiger partial charge in [0.05, 0.1) is 11.5 Å². The molecule has 2 fully saturated rings. The van der Waals surface area contributed by atoms with Crippen LogP contribution >= 0.6 is 0 Å². The summed E-state index contributed by atoms with van der Waals surface area (Å²) in [5.41, 5.74) is -0.649. The lowest BCUT2D eigenvalue weighted by atomic mass is 9.78. The minimum atomic E-state index is -0.704. The van der Waals surface area contributed by atoms with Gasteiger partial charge < -0.3 is 10.2 Å². The van der Waals surface area contributed by atoms with E-state index in [-0.39, 0.29) is 5.92 Å². The molecule has 0 aromatic rings. The number of hydrogen-bond donors (Lipinski definition) is 2. The van der Waals surface area contributed by atoms with Crippen molar-refractivity contribution in [2.75, 3.05) is 13.1 Å². The lowest BCUT2D eigenvalue weighted by Crippen LogP contribution is -2.47. The van der Waals surface area contributed by atoms with E-state index in [4.69, 9.17) is 5.11 Å². The Labute approximate surface area is 109 Å². The molecule has 0 aliphatic heterocycles. The molecule has 0 saturated heterocycles. The lowest BCUT2D eigenvalue weighted by Gasteiger charge is -2.38. The highest BCUT2D eigenvalue weighted by Gasteiger charge is 2.39. The van der Waals surface area contributed by atoms with Gasteiger partial charge in [-0.15, -0.1) is 0 Å². The molecular formula is C14H25NO3. The van der Waals surface area contributed by atoms with Crippen molar-refractivity contribution in [1.29, 1.82) is 0 Å². The number of nitrogens with zero attached hydrogens (tertiary/aromatic N) is 1. The normalized spacial score (nSPS) is 32.7. The van der Waals surface area contributed by atoms with Crippen LogP contribution in [0, 0.1) is 5.92 Å². The molecule has 2 aliphatic carbocycles. The maximum atomic E-state index is 10.9. The Morgan fingerprint density at radius 3 is 2.33 bits per heavy atom. The van der Waals surface area contributed by atoms with Gasteiger partial charge in [-0.3, -0.25) is 9.69 Å². The molecule has 0 aromatic heterocycles. The molecule has 104 valence electrons. The average Bonchev–Trinajstić information content (AvgIpc) is 3.12. The van der Waals surface area contributed by atoms with Gasteiger partial charge in [0.1, 0.15) is 0 Å². The number of aliphatic carboxylic acids is 1. The highest BCUT2D eigenvalue weighted by molar-refractivity contribution is 5.70. The summed E-state index contributed by atoms with van der Waals surface area (Å²) < 4.78 is 0. The van der Waals surface area contributed by atoms with Crippen LogP contribution in [0.4, 0.5) is 0 Å². The van der Waals surface area contributed by atoms with Crippen LogP contribution in [-0.2, 0) is 4.79 Å². The fourth-order valence-electron chi connectivity index (χ4n) is 3.06. The molecule has 2 N–H and O–H groups in total. The Balaban J connectivity index is 1.86. The molecule has 18 heavy (non-hydrogen) atoms. The van der Waals surface area contributed by atoms with Crippen molar-refractivity contribution in [2.24, 2.45) is 5.92 Å². The minimum absolute atomic E-state index is 0.245. The first-order chi connectivity index (χ1) is 8.54. The highest BCUT2D eigenvalue weighted by Crippen LogP contribution is 2.35. The number of rotatable bonds is 6. The van der Waals surface area contributed by atoms with E-state index < -0.39 is 11.6 Å². The van der Waals surface area contributed by atoms with Gasteiger partial charge in [0, 0.05) is 12.6 Å².